The molecule has 0 aliphatic carbocycles. The molecular weight excluding hydrogens is 452 g/mol. The molecule has 0 bridgehead atoms. The second-order valence-electron chi connectivity index (χ2n) is 8.76. The van der Waals surface area contributed by atoms with Gasteiger partial charge < -0.3 is 19.9 Å². The van der Waals surface area contributed by atoms with Crippen LogP contribution in [0.4, 0.5) is 10.5 Å². The summed E-state index contributed by atoms with van der Waals surface area (Å²) < 4.78 is 5.03. The lowest BCUT2D eigenvalue weighted by atomic mass is 9.77. The SMILES string of the molecule is CCOC(=O)c1cccc(NC(=O)N2CCC3(CCN(C(=O)c4cccnc4SC)CC3)C2)c1. The van der Waals surface area contributed by atoms with Crippen LogP contribution >= 0.6 is 11.8 Å². The molecule has 1 aromatic heterocycles. The van der Waals surface area contributed by atoms with Crippen molar-refractivity contribution in [2.45, 2.75) is 31.2 Å². The number of anilines is 1. The van der Waals surface area contributed by atoms with Crippen molar-refractivity contribution in [3.8, 4) is 0 Å². The molecule has 0 radical (unpaired) electrons. The van der Waals surface area contributed by atoms with Crippen LogP contribution in [-0.4, -0.2) is 71.7 Å². The molecule has 180 valence electrons. The van der Waals surface area contributed by atoms with E-state index in [9.17, 15) is 14.4 Å². The van der Waals surface area contributed by atoms with Gasteiger partial charge in [0.15, 0.2) is 0 Å². The number of carbonyl (C=O) groups is 3. The van der Waals surface area contributed by atoms with Gasteiger partial charge in [-0.2, -0.15) is 0 Å². The summed E-state index contributed by atoms with van der Waals surface area (Å²) >= 11 is 1.48. The van der Waals surface area contributed by atoms with Crippen molar-refractivity contribution in [1.29, 1.82) is 0 Å². The van der Waals surface area contributed by atoms with Crippen LogP contribution in [0.25, 0.3) is 0 Å². The number of hydrogen-bond acceptors (Lipinski definition) is 6. The summed E-state index contributed by atoms with van der Waals surface area (Å²) in [5.74, 6) is -0.377. The molecule has 34 heavy (non-hydrogen) atoms. The fourth-order valence-corrected chi connectivity index (χ4v) is 5.27. The smallest absolute Gasteiger partial charge is 0.338 e. The molecule has 2 fully saturated rings. The topological polar surface area (TPSA) is 91.8 Å². The molecule has 3 heterocycles. The number of aromatic nitrogens is 1. The van der Waals surface area contributed by atoms with Crippen LogP contribution in [0, 0.1) is 5.41 Å². The van der Waals surface area contributed by atoms with Crippen molar-refractivity contribution in [3.05, 3.63) is 53.7 Å². The molecule has 2 saturated heterocycles. The molecule has 1 N–H and O–H groups in total. The van der Waals surface area contributed by atoms with Gasteiger partial charge in [0.2, 0.25) is 0 Å². The minimum Gasteiger partial charge on any atom is -0.462 e. The molecule has 1 aromatic carbocycles. The lowest BCUT2D eigenvalue weighted by Gasteiger charge is -2.39. The van der Waals surface area contributed by atoms with E-state index in [-0.39, 0.29) is 17.4 Å². The van der Waals surface area contributed by atoms with E-state index in [4.69, 9.17) is 4.74 Å². The fraction of sp³-hybridized carbons (Fsp3) is 0.440. The number of likely N-dealkylation sites (tertiary alicyclic amines) is 2. The maximum absolute atomic E-state index is 13.0. The molecule has 2 aliphatic heterocycles. The van der Waals surface area contributed by atoms with Crippen LogP contribution in [0.15, 0.2) is 47.6 Å². The minimum atomic E-state index is -0.407. The number of carbonyl (C=O) groups excluding carboxylic acids is 3. The van der Waals surface area contributed by atoms with Gasteiger partial charge in [-0.1, -0.05) is 6.07 Å². The van der Waals surface area contributed by atoms with E-state index in [0.717, 1.165) is 24.3 Å². The summed E-state index contributed by atoms with van der Waals surface area (Å²) in [5, 5.41) is 3.66. The van der Waals surface area contributed by atoms with Crippen molar-refractivity contribution in [2.75, 3.05) is 44.4 Å². The second-order valence-corrected chi connectivity index (χ2v) is 9.55. The third-order valence-corrected chi connectivity index (χ3v) is 7.37. The van der Waals surface area contributed by atoms with Crippen LogP contribution in [0.5, 0.6) is 0 Å². The van der Waals surface area contributed by atoms with Crippen LogP contribution in [-0.2, 0) is 4.74 Å². The lowest BCUT2D eigenvalue weighted by Crippen LogP contribution is -2.45. The van der Waals surface area contributed by atoms with Gasteiger partial charge in [0.25, 0.3) is 5.91 Å². The molecule has 1 spiro atoms. The first-order valence-corrected chi connectivity index (χ1v) is 12.8. The zero-order valence-corrected chi connectivity index (χ0v) is 20.4. The molecule has 4 rings (SSSR count). The van der Waals surface area contributed by atoms with E-state index in [1.807, 2.05) is 22.1 Å². The number of urea groups is 1. The highest BCUT2D eigenvalue weighted by Crippen LogP contribution is 2.41. The number of nitrogens with one attached hydrogen (secondary N) is 1. The van der Waals surface area contributed by atoms with Crippen molar-refractivity contribution in [3.63, 3.8) is 0 Å². The van der Waals surface area contributed by atoms with Gasteiger partial charge in [-0.15, -0.1) is 11.8 Å². The summed E-state index contributed by atoms with van der Waals surface area (Å²) in [5.41, 5.74) is 1.67. The zero-order valence-electron chi connectivity index (χ0n) is 19.6. The Kier molecular flexibility index (Phi) is 7.41. The molecule has 2 aliphatic rings. The number of amides is 3. The largest absolute Gasteiger partial charge is 0.462 e. The van der Waals surface area contributed by atoms with Gasteiger partial charge in [0.1, 0.15) is 5.03 Å². The van der Waals surface area contributed by atoms with Crippen molar-refractivity contribution >= 4 is 35.4 Å². The number of piperidine rings is 1. The Balaban J connectivity index is 1.33. The second kappa shape index (κ2) is 10.5. The number of nitrogens with zero attached hydrogens (tertiary/aromatic N) is 3. The van der Waals surface area contributed by atoms with Gasteiger partial charge in [-0.3, -0.25) is 4.79 Å². The normalized spacial score (nSPS) is 17.0. The Morgan fingerprint density at radius 3 is 2.53 bits per heavy atom. The predicted molar refractivity (Wildman–Crippen MR) is 131 cm³/mol. The summed E-state index contributed by atoms with van der Waals surface area (Å²) in [6.45, 7) is 4.76. The molecule has 0 unspecified atom stereocenters. The molecular formula is C25H30N4O4S. The average molecular weight is 483 g/mol. The van der Waals surface area contributed by atoms with Gasteiger partial charge in [-0.05, 0) is 68.2 Å². The molecule has 9 heteroatoms. The van der Waals surface area contributed by atoms with Gasteiger partial charge in [-0.25, -0.2) is 14.6 Å². The van der Waals surface area contributed by atoms with Crippen molar-refractivity contribution in [1.82, 2.24) is 14.8 Å². The van der Waals surface area contributed by atoms with Gasteiger partial charge in [0.05, 0.1) is 17.7 Å². The Morgan fingerprint density at radius 2 is 1.82 bits per heavy atom. The Bertz CT molecular complexity index is 1070. The van der Waals surface area contributed by atoms with Crippen LogP contribution < -0.4 is 5.32 Å². The highest BCUT2D eigenvalue weighted by molar-refractivity contribution is 7.98. The van der Waals surface area contributed by atoms with Crippen molar-refractivity contribution in [2.24, 2.45) is 5.41 Å². The van der Waals surface area contributed by atoms with Crippen LogP contribution in [0.1, 0.15) is 46.9 Å². The van der Waals surface area contributed by atoms with Gasteiger partial charge >= 0.3 is 12.0 Å². The van der Waals surface area contributed by atoms with Crippen LogP contribution in [0.3, 0.4) is 0 Å². The zero-order chi connectivity index (χ0) is 24.1. The highest BCUT2D eigenvalue weighted by Gasteiger charge is 2.43. The average Bonchev–Trinajstić information content (AvgIpc) is 3.28. The number of hydrogen-bond donors (Lipinski definition) is 1. The van der Waals surface area contributed by atoms with E-state index in [0.29, 0.717) is 49.6 Å². The Labute approximate surface area is 204 Å². The first-order valence-electron chi connectivity index (χ1n) is 11.6. The summed E-state index contributed by atoms with van der Waals surface area (Å²) in [7, 11) is 0. The van der Waals surface area contributed by atoms with Crippen molar-refractivity contribution < 1.29 is 19.1 Å². The van der Waals surface area contributed by atoms with E-state index >= 15 is 0 Å². The molecule has 8 nitrogen and oxygen atoms in total. The fourth-order valence-electron chi connectivity index (χ4n) is 4.73. The maximum Gasteiger partial charge on any atom is 0.338 e. The summed E-state index contributed by atoms with van der Waals surface area (Å²) in [6.07, 6.45) is 6.30. The number of rotatable bonds is 5. The highest BCUT2D eigenvalue weighted by atomic mass is 32.2. The number of thioether (sulfide) groups is 1. The standard InChI is InChI=1S/C25H30N4O4S/c1-3-33-23(31)18-6-4-7-19(16-18)27-24(32)29-15-11-25(17-29)9-13-28(14-10-25)22(30)20-8-5-12-26-21(20)34-2/h4-8,12,16H,3,9-11,13-15,17H2,1-2H3,(H,27,32). The van der Waals surface area contributed by atoms with E-state index in [2.05, 4.69) is 10.3 Å². The van der Waals surface area contributed by atoms with E-state index < -0.39 is 5.97 Å². The minimum absolute atomic E-state index is 0.0291. The third kappa shape index (κ3) is 5.19. The summed E-state index contributed by atoms with van der Waals surface area (Å²) in [4.78, 5) is 46.0. The molecule has 2 aromatic rings. The number of ether oxygens (including phenoxy) is 1. The van der Waals surface area contributed by atoms with Crippen LogP contribution in [0.2, 0.25) is 0 Å². The monoisotopic (exact) mass is 482 g/mol. The molecule has 0 atom stereocenters. The third-order valence-electron chi connectivity index (χ3n) is 6.66. The quantitative estimate of drug-likeness (QED) is 0.509. The molecule has 3 amide bonds. The Morgan fingerprint density at radius 1 is 1.09 bits per heavy atom. The number of benzene rings is 1. The number of pyridine rings is 1. The Hall–Kier alpha value is -3.07. The predicted octanol–water partition coefficient (Wildman–Crippen LogP) is 4.14. The lowest BCUT2D eigenvalue weighted by molar-refractivity contribution is 0.0525. The van der Waals surface area contributed by atoms with Gasteiger partial charge in [0, 0.05) is 38.1 Å². The maximum atomic E-state index is 13.0. The van der Waals surface area contributed by atoms with E-state index in [1.54, 1.807) is 43.5 Å². The summed E-state index contributed by atoms with van der Waals surface area (Å²) in [6, 6.07) is 10.3. The number of esters is 1. The first kappa shape index (κ1) is 24.1. The first-order chi connectivity index (χ1) is 16.4. The molecule has 0 saturated carbocycles. The van der Waals surface area contributed by atoms with E-state index in [1.165, 1.54) is 11.8 Å².